The Balaban J connectivity index is 2.42. The molecule has 0 unspecified atom stereocenters. The molecule has 1 aromatic heterocycles. The quantitative estimate of drug-likeness (QED) is 0.771. The summed E-state index contributed by atoms with van der Waals surface area (Å²) < 4.78 is 5.40. The molecule has 84 valence electrons. The average Bonchev–Trinajstić information content (AvgIpc) is 2.64. The maximum absolute atomic E-state index is 5.40. The van der Waals surface area contributed by atoms with Crippen LogP contribution in [0.25, 0.3) is 11.5 Å². The fourth-order valence-corrected chi connectivity index (χ4v) is 1.87. The minimum absolute atomic E-state index is 0.540. The zero-order chi connectivity index (χ0) is 11.7. The molecule has 1 aromatic carbocycles. The Labute approximate surface area is 95.5 Å². The zero-order valence-corrected chi connectivity index (χ0v) is 10.1. The average molecular weight is 216 g/mol. The van der Waals surface area contributed by atoms with E-state index in [-0.39, 0.29) is 0 Å². The van der Waals surface area contributed by atoms with Gasteiger partial charge in [0, 0.05) is 12.5 Å². The van der Waals surface area contributed by atoms with E-state index in [0.29, 0.717) is 17.7 Å². The third-order valence-corrected chi connectivity index (χ3v) is 2.66. The van der Waals surface area contributed by atoms with E-state index in [2.05, 4.69) is 43.1 Å². The van der Waals surface area contributed by atoms with Crippen molar-refractivity contribution in [2.24, 2.45) is 0 Å². The number of aromatic nitrogens is 2. The molecule has 0 amide bonds. The topological polar surface area (TPSA) is 38.9 Å². The normalized spacial score (nSPS) is 11.1. The van der Waals surface area contributed by atoms with Gasteiger partial charge in [-0.2, -0.15) is 0 Å². The maximum Gasteiger partial charge on any atom is 0.247 e. The van der Waals surface area contributed by atoms with Gasteiger partial charge in [-0.05, 0) is 36.1 Å². The van der Waals surface area contributed by atoms with Crippen molar-refractivity contribution in [1.29, 1.82) is 0 Å². The summed E-state index contributed by atoms with van der Waals surface area (Å²) >= 11 is 0. The Morgan fingerprint density at radius 3 is 2.38 bits per heavy atom. The van der Waals surface area contributed by atoms with E-state index in [1.807, 2.05) is 6.07 Å². The lowest BCUT2D eigenvalue weighted by atomic mass is 9.96. The summed E-state index contributed by atoms with van der Waals surface area (Å²) in [6, 6.07) is 6.27. The molecule has 3 heteroatoms. The molecule has 0 radical (unpaired) electrons. The molecule has 0 saturated carbocycles. The second kappa shape index (κ2) is 4.08. The van der Waals surface area contributed by atoms with Crippen molar-refractivity contribution in [2.75, 3.05) is 0 Å². The zero-order valence-electron chi connectivity index (χ0n) is 10.1. The second-order valence-electron chi connectivity index (χ2n) is 4.35. The molecule has 0 N–H and O–H groups in total. The first-order valence-corrected chi connectivity index (χ1v) is 5.49. The van der Waals surface area contributed by atoms with E-state index in [1.165, 1.54) is 11.1 Å². The Morgan fingerprint density at radius 2 is 1.88 bits per heavy atom. The van der Waals surface area contributed by atoms with Crippen molar-refractivity contribution in [2.45, 2.75) is 33.6 Å². The van der Waals surface area contributed by atoms with Crippen LogP contribution in [-0.4, -0.2) is 10.2 Å². The van der Waals surface area contributed by atoms with Crippen LogP contribution in [-0.2, 0) is 0 Å². The van der Waals surface area contributed by atoms with Gasteiger partial charge in [0.2, 0.25) is 11.8 Å². The summed E-state index contributed by atoms with van der Waals surface area (Å²) in [7, 11) is 0. The van der Waals surface area contributed by atoms with Gasteiger partial charge in [-0.3, -0.25) is 0 Å². The highest BCUT2D eigenvalue weighted by Gasteiger charge is 2.09. The van der Waals surface area contributed by atoms with Gasteiger partial charge in [0.25, 0.3) is 0 Å². The summed E-state index contributed by atoms with van der Waals surface area (Å²) in [5.41, 5.74) is 3.62. The van der Waals surface area contributed by atoms with Gasteiger partial charge in [-0.25, -0.2) is 0 Å². The van der Waals surface area contributed by atoms with Crippen molar-refractivity contribution in [1.82, 2.24) is 10.2 Å². The summed E-state index contributed by atoms with van der Waals surface area (Å²) in [4.78, 5) is 0. The van der Waals surface area contributed by atoms with Crippen LogP contribution in [0, 0.1) is 13.8 Å². The number of aryl methyl sites for hydroxylation is 2. The van der Waals surface area contributed by atoms with Gasteiger partial charge in [0.1, 0.15) is 0 Å². The summed E-state index contributed by atoms with van der Waals surface area (Å²) in [5, 5.41) is 7.85. The van der Waals surface area contributed by atoms with Gasteiger partial charge in [0.15, 0.2) is 0 Å². The van der Waals surface area contributed by atoms with Gasteiger partial charge < -0.3 is 4.42 Å². The molecule has 0 aliphatic heterocycles. The summed E-state index contributed by atoms with van der Waals surface area (Å²) in [6.45, 7) is 8.30. The molecule has 0 aliphatic carbocycles. The van der Waals surface area contributed by atoms with E-state index in [4.69, 9.17) is 4.42 Å². The van der Waals surface area contributed by atoms with E-state index in [1.54, 1.807) is 6.92 Å². The number of hydrogen-bond donors (Lipinski definition) is 0. The predicted molar refractivity (Wildman–Crippen MR) is 63.3 cm³/mol. The number of rotatable bonds is 2. The molecule has 16 heavy (non-hydrogen) atoms. The van der Waals surface area contributed by atoms with E-state index < -0.39 is 0 Å². The van der Waals surface area contributed by atoms with Crippen LogP contribution in [0.15, 0.2) is 22.6 Å². The summed E-state index contributed by atoms with van der Waals surface area (Å²) in [6.07, 6.45) is 0. The lowest BCUT2D eigenvalue weighted by Crippen LogP contribution is -1.92. The first-order chi connectivity index (χ1) is 7.58. The van der Waals surface area contributed by atoms with Gasteiger partial charge in [-0.1, -0.05) is 19.9 Å². The monoisotopic (exact) mass is 216 g/mol. The minimum Gasteiger partial charge on any atom is -0.421 e. The van der Waals surface area contributed by atoms with E-state index in [9.17, 15) is 0 Å². The maximum atomic E-state index is 5.40. The molecule has 0 saturated heterocycles. The van der Waals surface area contributed by atoms with Crippen molar-refractivity contribution in [3.63, 3.8) is 0 Å². The van der Waals surface area contributed by atoms with Crippen LogP contribution in [0.3, 0.4) is 0 Å². The summed E-state index contributed by atoms with van der Waals surface area (Å²) in [5.74, 6) is 1.73. The van der Waals surface area contributed by atoms with Crippen LogP contribution in [0.1, 0.15) is 36.8 Å². The van der Waals surface area contributed by atoms with Gasteiger partial charge >= 0.3 is 0 Å². The largest absolute Gasteiger partial charge is 0.421 e. The molecular weight excluding hydrogens is 200 g/mol. The standard InChI is InChI=1S/C13H16N2O/c1-8(2)12-6-5-11(7-9(12)3)13-15-14-10(4)16-13/h5-8H,1-4H3. The van der Waals surface area contributed by atoms with Crippen LogP contribution in [0.2, 0.25) is 0 Å². The number of hydrogen-bond acceptors (Lipinski definition) is 3. The minimum atomic E-state index is 0.540. The number of benzene rings is 1. The lowest BCUT2D eigenvalue weighted by Gasteiger charge is -2.09. The molecule has 0 spiro atoms. The highest BCUT2D eigenvalue weighted by atomic mass is 16.4. The Morgan fingerprint density at radius 1 is 1.12 bits per heavy atom. The van der Waals surface area contributed by atoms with E-state index >= 15 is 0 Å². The van der Waals surface area contributed by atoms with Crippen LogP contribution in [0.4, 0.5) is 0 Å². The Bertz CT molecular complexity index is 500. The smallest absolute Gasteiger partial charge is 0.247 e. The second-order valence-corrected chi connectivity index (χ2v) is 4.35. The van der Waals surface area contributed by atoms with Crippen LogP contribution >= 0.6 is 0 Å². The SMILES string of the molecule is Cc1nnc(-c2ccc(C(C)C)c(C)c2)o1. The molecule has 2 rings (SSSR count). The first-order valence-electron chi connectivity index (χ1n) is 5.49. The van der Waals surface area contributed by atoms with Crippen molar-refractivity contribution in [3.8, 4) is 11.5 Å². The van der Waals surface area contributed by atoms with Gasteiger partial charge in [-0.15, -0.1) is 10.2 Å². The molecule has 1 heterocycles. The fourth-order valence-electron chi connectivity index (χ4n) is 1.87. The van der Waals surface area contributed by atoms with Gasteiger partial charge in [0.05, 0.1) is 0 Å². The van der Waals surface area contributed by atoms with Crippen molar-refractivity contribution in [3.05, 3.63) is 35.2 Å². The molecular formula is C13H16N2O. The van der Waals surface area contributed by atoms with Crippen molar-refractivity contribution >= 4 is 0 Å². The lowest BCUT2D eigenvalue weighted by molar-refractivity contribution is 0.532. The first kappa shape index (κ1) is 10.9. The van der Waals surface area contributed by atoms with E-state index in [0.717, 1.165) is 5.56 Å². The molecule has 0 bridgehead atoms. The van der Waals surface area contributed by atoms with Crippen molar-refractivity contribution < 1.29 is 4.42 Å². The molecule has 3 nitrogen and oxygen atoms in total. The highest BCUT2D eigenvalue weighted by molar-refractivity contribution is 5.55. The molecule has 0 aliphatic rings. The van der Waals surface area contributed by atoms with Crippen LogP contribution in [0.5, 0.6) is 0 Å². The number of nitrogens with zero attached hydrogens (tertiary/aromatic N) is 2. The molecule has 0 atom stereocenters. The Kier molecular flexibility index (Phi) is 2.77. The molecule has 0 fully saturated rings. The highest BCUT2D eigenvalue weighted by Crippen LogP contribution is 2.25. The molecule has 2 aromatic rings. The third kappa shape index (κ3) is 1.98. The third-order valence-electron chi connectivity index (χ3n) is 2.66. The predicted octanol–water partition coefficient (Wildman–Crippen LogP) is 3.48. The van der Waals surface area contributed by atoms with Crippen LogP contribution < -0.4 is 0 Å². The Hall–Kier alpha value is -1.64. The fraction of sp³-hybridized carbons (Fsp3) is 0.385.